The Bertz CT molecular complexity index is 681. The molecule has 0 radical (unpaired) electrons. The molecule has 122 valence electrons. The van der Waals surface area contributed by atoms with E-state index in [0.717, 1.165) is 10.9 Å². The highest BCUT2D eigenvalue weighted by Crippen LogP contribution is 2.15. The molecule has 6 heteroatoms. The second-order valence-corrected chi connectivity index (χ2v) is 5.90. The lowest BCUT2D eigenvalue weighted by molar-refractivity contribution is -0.146. The van der Waals surface area contributed by atoms with E-state index in [1.165, 1.54) is 0 Å². The Hall–Kier alpha value is -2.34. The van der Waals surface area contributed by atoms with Gasteiger partial charge in [-0.1, -0.05) is 18.2 Å². The Morgan fingerprint density at radius 1 is 1.26 bits per heavy atom. The molecular formula is C17H20N2O4. The summed E-state index contributed by atoms with van der Waals surface area (Å²) in [5, 5.41) is 0.932. The first-order valence-electron chi connectivity index (χ1n) is 7.71. The third-order valence-electron chi connectivity index (χ3n) is 3.85. The number of hydrogen-bond donors (Lipinski definition) is 1. The molecule has 1 aliphatic rings. The van der Waals surface area contributed by atoms with Gasteiger partial charge in [0.15, 0.2) is 6.61 Å². The van der Waals surface area contributed by atoms with Gasteiger partial charge in [-0.15, -0.1) is 0 Å². The fourth-order valence-corrected chi connectivity index (χ4v) is 2.86. The van der Waals surface area contributed by atoms with Crippen molar-refractivity contribution < 1.29 is 19.1 Å². The van der Waals surface area contributed by atoms with Gasteiger partial charge in [0.2, 0.25) is 0 Å². The minimum absolute atomic E-state index is 0.00731. The van der Waals surface area contributed by atoms with Crippen LogP contribution in [0.1, 0.15) is 24.3 Å². The number of amides is 1. The number of carbonyl (C=O) groups is 2. The quantitative estimate of drug-likeness (QED) is 0.879. The highest BCUT2D eigenvalue weighted by molar-refractivity contribution is 5.95. The van der Waals surface area contributed by atoms with Crippen LogP contribution in [0.2, 0.25) is 0 Å². The van der Waals surface area contributed by atoms with E-state index in [9.17, 15) is 9.59 Å². The summed E-state index contributed by atoms with van der Waals surface area (Å²) in [4.78, 5) is 28.9. The van der Waals surface area contributed by atoms with Crippen molar-refractivity contribution in [3.05, 3.63) is 36.0 Å². The predicted octanol–water partition coefficient (Wildman–Crippen LogP) is 1.96. The van der Waals surface area contributed by atoms with Gasteiger partial charge in [-0.3, -0.25) is 4.79 Å². The molecule has 3 rings (SSSR count). The van der Waals surface area contributed by atoms with Gasteiger partial charge in [-0.25, -0.2) is 4.79 Å². The van der Waals surface area contributed by atoms with E-state index >= 15 is 0 Å². The molecule has 0 aliphatic carbocycles. The number of rotatable bonds is 3. The first kappa shape index (κ1) is 15.6. The number of hydrogen-bond acceptors (Lipinski definition) is 4. The summed E-state index contributed by atoms with van der Waals surface area (Å²) in [6.07, 6.45) is -0.0146. The summed E-state index contributed by atoms with van der Waals surface area (Å²) in [6.45, 7) is 4.63. The van der Waals surface area contributed by atoms with E-state index < -0.39 is 5.97 Å². The van der Waals surface area contributed by atoms with E-state index in [1.807, 2.05) is 38.1 Å². The highest BCUT2D eigenvalue weighted by atomic mass is 16.5. The lowest BCUT2D eigenvalue weighted by Gasteiger charge is -2.35. The molecule has 0 spiro atoms. The van der Waals surface area contributed by atoms with Crippen LogP contribution in [0.5, 0.6) is 0 Å². The second-order valence-electron chi connectivity index (χ2n) is 5.90. The molecule has 0 saturated carbocycles. The van der Waals surface area contributed by atoms with Crippen molar-refractivity contribution in [3.8, 4) is 0 Å². The highest BCUT2D eigenvalue weighted by Gasteiger charge is 2.26. The van der Waals surface area contributed by atoms with Crippen LogP contribution >= 0.6 is 0 Å². The van der Waals surface area contributed by atoms with Crippen molar-refractivity contribution in [3.63, 3.8) is 0 Å². The summed E-state index contributed by atoms with van der Waals surface area (Å²) >= 11 is 0. The van der Waals surface area contributed by atoms with Gasteiger partial charge in [-0.05, 0) is 26.0 Å². The van der Waals surface area contributed by atoms with Crippen LogP contribution in [-0.2, 0) is 14.3 Å². The van der Waals surface area contributed by atoms with E-state index in [4.69, 9.17) is 9.47 Å². The smallest absolute Gasteiger partial charge is 0.355 e. The van der Waals surface area contributed by atoms with Gasteiger partial charge in [-0.2, -0.15) is 0 Å². The zero-order chi connectivity index (χ0) is 16.4. The molecule has 1 aliphatic heterocycles. The van der Waals surface area contributed by atoms with E-state index in [1.54, 1.807) is 11.0 Å². The van der Waals surface area contributed by atoms with Gasteiger partial charge in [0, 0.05) is 24.0 Å². The molecule has 1 aromatic carbocycles. The predicted molar refractivity (Wildman–Crippen MR) is 85.2 cm³/mol. The fraction of sp³-hybridized carbons (Fsp3) is 0.412. The zero-order valence-electron chi connectivity index (χ0n) is 13.2. The Balaban J connectivity index is 1.59. The number of nitrogens with one attached hydrogen (secondary N) is 1. The van der Waals surface area contributed by atoms with Gasteiger partial charge < -0.3 is 19.4 Å². The number of ether oxygens (including phenoxy) is 2. The van der Waals surface area contributed by atoms with Gasteiger partial charge >= 0.3 is 5.97 Å². The molecule has 2 aromatic rings. The number of fused-ring (bicyclic) bond motifs is 1. The SMILES string of the molecule is C[C@@H]1CN(C(=O)COC(=O)c2cc3ccccc3[nH]2)C[C@@H](C)O1. The topological polar surface area (TPSA) is 71.6 Å². The monoisotopic (exact) mass is 316 g/mol. The summed E-state index contributed by atoms with van der Waals surface area (Å²) in [6, 6.07) is 9.30. The first-order chi connectivity index (χ1) is 11.0. The number of esters is 1. The molecule has 1 fully saturated rings. The Morgan fingerprint density at radius 2 is 1.96 bits per heavy atom. The fourth-order valence-electron chi connectivity index (χ4n) is 2.86. The Morgan fingerprint density at radius 3 is 2.65 bits per heavy atom. The zero-order valence-corrected chi connectivity index (χ0v) is 13.2. The first-order valence-corrected chi connectivity index (χ1v) is 7.71. The van der Waals surface area contributed by atoms with Gasteiger partial charge in [0.1, 0.15) is 5.69 Å². The van der Waals surface area contributed by atoms with Crippen molar-refractivity contribution in [2.24, 2.45) is 0 Å². The lowest BCUT2D eigenvalue weighted by Crippen LogP contribution is -2.49. The van der Waals surface area contributed by atoms with Crippen molar-refractivity contribution in [1.82, 2.24) is 9.88 Å². The van der Waals surface area contributed by atoms with Crippen LogP contribution in [-0.4, -0.2) is 53.7 Å². The summed E-state index contributed by atoms with van der Waals surface area (Å²) in [5.74, 6) is -0.722. The standard InChI is InChI=1S/C17H20N2O4/c1-11-8-19(9-12(2)23-11)16(20)10-22-17(21)15-7-13-5-3-4-6-14(13)18-15/h3-7,11-12,18H,8-10H2,1-2H3/t11-,12-/m1/s1. The van der Waals surface area contributed by atoms with Crippen LogP contribution in [0.25, 0.3) is 10.9 Å². The van der Waals surface area contributed by atoms with E-state index in [-0.39, 0.29) is 24.7 Å². The molecule has 23 heavy (non-hydrogen) atoms. The number of H-pyrrole nitrogens is 1. The summed E-state index contributed by atoms with van der Waals surface area (Å²) < 4.78 is 10.7. The van der Waals surface area contributed by atoms with Gasteiger partial charge in [0.25, 0.3) is 5.91 Å². The number of benzene rings is 1. The molecule has 6 nitrogen and oxygen atoms in total. The molecule has 1 aromatic heterocycles. The van der Waals surface area contributed by atoms with Crippen LogP contribution in [0.4, 0.5) is 0 Å². The third kappa shape index (κ3) is 3.53. The van der Waals surface area contributed by atoms with Crippen molar-refractivity contribution >= 4 is 22.8 Å². The summed E-state index contributed by atoms with van der Waals surface area (Å²) in [7, 11) is 0. The molecule has 1 saturated heterocycles. The molecule has 2 heterocycles. The maximum atomic E-state index is 12.2. The van der Waals surface area contributed by atoms with Crippen molar-refractivity contribution in [2.75, 3.05) is 19.7 Å². The van der Waals surface area contributed by atoms with Gasteiger partial charge in [0.05, 0.1) is 12.2 Å². The van der Waals surface area contributed by atoms with E-state index in [0.29, 0.717) is 18.8 Å². The van der Waals surface area contributed by atoms with Crippen LogP contribution in [0.3, 0.4) is 0 Å². The molecule has 2 atom stereocenters. The maximum Gasteiger partial charge on any atom is 0.355 e. The largest absolute Gasteiger partial charge is 0.451 e. The minimum atomic E-state index is -0.524. The minimum Gasteiger partial charge on any atom is -0.451 e. The Labute approximate surface area is 134 Å². The number of carbonyl (C=O) groups excluding carboxylic acids is 2. The lowest BCUT2D eigenvalue weighted by atomic mass is 10.2. The third-order valence-corrected chi connectivity index (χ3v) is 3.85. The average molecular weight is 316 g/mol. The summed E-state index contributed by atoms with van der Waals surface area (Å²) in [5.41, 5.74) is 1.21. The normalized spacial score (nSPS) is 21.4. The maximum absolute atomic E-state index is 12.2. The number of nitrogens with zero attached hydrogens (tertiary/aromatic N) is 1. The number of aromatic nitrogens is 1. The molecule has 1 amide bonds. The van der Waals surface area contributed by atoms with Crippen molar-refractivity contribution in [2.45, 2.75) is 26.1 Å². The molecular weight excluding hydrogens is 296 g/mol. The number of para-hydroxylation sites is 1. The second kappa shape index (κ2) is 6.42. The van der Waals surface area contributed by atoms with Crippen LogP contribution < -0.4 is 0 Å². The van der Waals surface area contributed by atoms with Crippen LogP contribution in [0.15, 0.2) is 30.3 Å². The molecule has 0 unspecified atom stereocenters. The average Bonchev–Trinajstić information content (AvgIpc) is 2.95. The van der Waals surface area contributed by atoms with E-state index in [2.05, 4.69) is 4.98 Å². The molecule has 1 N–H and O–H groups in total. The molecule has 0 bridgehead atoms. The number of morpholine rings is 1. The van der Waals surface area contributed by atoms with Crippen LogP contribution in [0, 0.1) is 0 Å². The number of aromatic amines is 1. The van der Waals surface area contributed by atoms with Crippen molar-refractivity contribution in [1.29, 1.82) is 0 Å². The Kier molecular flexibility index (Phi) is 4.34.